The Morgan fingerprint density at radius 1 is 1.04 bits per heavy atom. The Morgan fingerprint density at radius 2 is 1.65 bits per heavy atom. The molecule has 0 aromatic carbocycles. The molecule has 5 rings (SSSR count). The van der Waals surface area contributed by atoms with E-state index in [2.05, 4.69) is 10.6 Å². The first-order valence-corrected chi connectivity index (χ1v) is 9.99. The zero-order chi connectivity index (χ0) is 18.3. The van der Waals surface area contributed by atoms with Crippen molar-refractivity contribution in [3.8, 4) is 0 Å². The summed E-state index contributed by atoms with van der Waals surface area (Å²) >= 11 is 0. The molecule has 1 unspecified atom stereocenters. The first kappa shape index (κ1) is 17.6. The Morgan fingerprint density at radius 3 is 2.19 bits per heavy atom. The zero-order valence-electron chi connectivity index (χ0n) is 15.2. The molecular formula is C19H29N3O4. The van der Waals surface area contributed by atoms with Crippen molar-refractivity contribution in [2.75, 3.05) is 19.6 Å². The molecule has 144 valence electrons. The van der Waals surface area contributed by atoms with Gasteiger partial charge in [-0.15, -0.1) is 0 Å². The largest absolute Gasteiger partial charge is 0.481 e. The van der Waals surface area contributed by atoms with Crippen LogP contribution in [0.1, 0.15) is 51.4 Å². The summed E-state index contributed by atoms with van der Waals surface area (Å²) in [6, 6.07) is -0.162. The minimum atomic E-state index is -0.839. The molecule has 0 aromatic heterocycles. The third-order valence-corrected chi connectivity index (χ3v) is 6.93. The molecule has 1 atom stereocenters. The molecule has 4 aliphatic carbocycles. The quantitative estimate of drug-likeness (QED) is 0.690. The second-order valence-electron chi connectivity index (χ2n) is 8.99. The van der Waals surface area contributed by atoms with E-state index in [9.17, 15) is 14.4 Å². The highest BCUT2D eigenvalue weighted by molar-refractivity contribution is 5.80. The number of hydrogen-bond acceptors (Lipinski definition) is 3. The number of carbonyl (C=O) groups is 3. The van der Waals surface area contributed by atoms with Crippen molar-refractivity contribution in [1.29, 1.82) is 0 Å². The van der Waals surface area contributed by atoms with Crippen molar-refractivity contribution >= 4 is 17.9 Å². The van der Waals surface area contributed by atoms with Crippen LogP contribution in [0.4, 0.5) is 4.79 Å². The molecule has 1 aliphatic heterocycles. The Bertz CT molecular complexity index is 570. The molecule has 4 saturated carbocycles. The smallest absolute Gasteiger partial charge is 0.315 e. The number of rotatable bonds is 5. The van der Waals surface area contributed by atoms with Crippen LogP contribution in [0.15, 0.2) is 0 Å². The Hall–Kier alpha value is -1.79. The molecule has 5 aliphatic rings. The van der Waals surface area contributed by atoms with E-state index in [1.807, 2.05) is 0 Å². The predicted octanol–water partition coefficient (Wildman–Crippen LogP) is 1.58. The van der Waals surface area contributed by atoms with Crippen molar-refractivity contribution in [3.05, 3.63) is 0 Å². The number of carboxylic acids is 1. The highest BCUT2D eigenvalue weighted by Crippen LogP contribution is 2.55. The van der Waals surface area contributed by atoms with Crippen LogP contribution in [0.5, 0.6) is 0 Å². The second kappa shape index (κ2) is 6.74. The highest BCUT2D eigenvalue weighted by atomic mass is 16.4. The van der Waals surface area contributed by atoms with Gasteiger partial charge in [0, 0.05) is 31.6 Å². The summed E-state index contributed by atoms with van der Waals surface area (Å²) in [7, 11) is 0. The maximum atomic E-state index is 12.3. The van der Waals surface area contributed by atoms with Gasteiger partial charge in [-0.05, 0) is 62.7 Å². The van der Waals surface area contributed by atoms with Gasteiger partial charge in [-0.1, -0.05) is 0 Å². The van der Waals surface area contributed by atoms with Crippen molar-refractivity contribution in [1.82, 2.24) is 15.5 Å². The SMILES string of the molecule is O=C(NCCC(=O)N1CCC(C(=O)O)C1)NC12CC3CC(CC(C3)C1)C2. The van der Waals surface area contributed by atoms with Gasteiger partial charge in [-0.25, -0.2) is 4.79 Å². The average Bonchev–Trinajstić information content (AvgIpc) is 3.03. The van der Waals surface area contributed by atoms with Crippen LogP contribution >= 0.6 is 0 Å². The van der Waals surface area contributed by atoms with Gasteiger partial charge in [0.1, 0.15) is 0 Å². The van der Waals surface area contributed by atoms with Crippen molar-refractivity contribution in [2.45, 2.75) is 56.9 Å². The molecule has 1 saturated heterocycles. The van der Waals surface area contributed by atoms with Crippen LogP contribution in [-0.2, 0) is 9.59 Å². The van der Waals surface area contributed by atoms with Crippen LogP contribution < -0.4 is 10.6 Å². The number of aliphatic carboxylic acids is 1. The van der Waals surface area contributed by atoms with Gasteiger partial charge in [0.2, 0.25) is 5.91 Å². The maximum Gasteiger partial charge on any atom is 0.315 e. The third kappa shape index (κ3) is 3.53. The van der Waals surface area contributed by atoms with Crippen molar-refractivity contribution in [3.63, 3.8) is 0 Å². The minimum absolute atomic E-state index is 0.0213. The van der Waals surface area contributed by atoms with Gasteiger partial charge >= 0.3 is 12.0 Å². The fourth-order valence-electron chi connectivity index (χ4n) is 6.18. The first-order chi connectivity index (χ1) is 12.4. The molecule has 0 radical (unpaired) electrons. The van der Waals surface area contributed by atoms with Crippen LogP contribution in [0, 0.1) is 23.7 Å². The Balaban J connectivity index is 1.20. The number of amides is 3. The molecule has 0 spiro atoms. The number of carbonyl (C=O) groups excluding carboxylic acids is 2. The molecule has 4 bridgehead atoms. The van der Waals surface area contributed by atoms with Crippen LogP contribution in [-0.4, -0.2) is 53.1 Å². The van der Waals surface area contributed by atoms with Gasteiger partial charge in [-0.3, -0.25) is 9.59 Å². The van der Waals surface area contributed by atoms with E-state index in [-0.39, 0.29) is 30.4 Å². The summed E-state index contributed by atoms with van der Waals surface area (Å²) in [6.07, 6.45) is 8.07. The summed E-state index contributed by atoms with van der Waals surface area (Å²) in [6.45, 7) is 1.08. The monoisotopic (exact) mass is 363 g/mol. The lowest BCUT2D eigenvalue weighted by Gasteiger charge is -2.56. The summed E-state index contributed by atoms with van der Waals surface area (Å²) in [5, 5.41) is 15.1. The fourth-order valence-corrected chi connectivity index (χ4v) is 6.18. The van der Waals surface area contributed by atoms with Gasteiger partial charge in [0.05, 0.1) is 5.92 Å². The summed E-state index contributed by atoms with van der Waals surface area (Å²) in [4.78, 5) is 37.1. The standard InChI is InChI=1S/C19H29N3O4/c23-16(22-4-2-15(11-22)17(24)25)1-3-20-18(26)21-19-8-12-5-13(9-19)7-14(6-12)10-19/h12-15H,1-11H2,(H,24,25)(H2,20,21,26). The van der Waals surface area contributed by atoms with E-state index in [0.29, 0.717) is 19.5 Å². The lowest BCUT2D eigenvalue weighted by molar-refractivity contribution is -0.141. The zero-order valence-corrected chi connectivity index (χ0v) is 15.2. The molecule has 26 heavy (non-hydrogen) atoms. The number of urea groups is 1. The molecular weight excluding hydrogens is 334 g/mol. The molecule has 7 heteroatoms. The summed E-state index contributed by atoms with van der Waals surface area (Å²) < 4.78 is 0. The van der Waals surface area contributed by atoms with Gasteiger partial charge < -0.3 is 20.6 Å². The van der Waals surface area contributed by atoms with Crippen LogP contribution in [0.3, 0.4) is 0 Å². The molecule has 3 N–H and O–H groups in total. The summed E-state index contributed by atoms with van der Waals surface area (Å²) in [5.41, 5.74) is -0.0213. The van der Waals surface area contributed by atoms with Gasteiger partial charge in [0.25, 0.3) is 0 Å². The van der Waals surface area contributed by atoms with E-state index < -0.39 is 11.9 Å². The average molecular weight is 363 g/mol. The van der Waals surface area contributed by atoms with E-state index >= 15 is 0 Å². The lowest BCUT2D eigenvalue weighted by Crippen LogP contribution is -2.61. The van der Waals surface area contributed by atoms with E-state index in [1.54, 1.807) is 4.90 Å². The van der Waals surface area contributed by atoms with E-state index in [0.717, 1.165) is 37.0 Å². The van der Waals surface area contributed by atoms with Crippen molar-refractivity contribution < 1.29 is 19.5 Å². The van der Waals surface area contributed by atoms with Gasteiger partial charge in [0.15, 0.2) is 0 Å². The van der Waals surface area contributed by atoms with Crippen molar-refractivity contribution in [2.24, 2.45) is 23.7 Å². The first-order valence-electron chi connectivity index (χ1n) is 9.99. The third-order valence-electron chi connectivity index (χ3n) is 6.93. The topological polar surface area (TPSA) is 98.7 Å². The number of nitrogens with one attached hydrogen (secondary N) is 2. The second-order valence-corrected chi connectivity index (χ2v) is 8.99. The number of hydrogen-bond donors (Lipinski definition) is 3. The molecule has 0 aromatic rings. The molecule has 7 nitrogen and oxygen atoms in total. The summed E-state index contributed by atoms with van der Waals surface area (Å²) in [5.74, 6) is 0.963. The minimum Gasteiger partial charge on any atom is -0.481 e. The Labute approximate surface area is 153 Å². The number of carboxylic acid groups (broad SMARTS) is 1. The normalized spacial score (nSPS) is 37.6. The van der Waals surface area contributed by atoms with Crippen LogP contribution in [0.25, 0.3) is 0 Å². The number of likely N-dealkylation sites (tertiary alicyclic amines) is 1. The maximum absolute atomic E-state index is 12.3. The fraction of sp³-hybridized carbons (Fsp3) is 0.842. The Kier molecular flexibility index (Phi) is 4.57. The molecule has 1 heterocycles. The van der Waals surface area contributed by atoms with Crippen LogP contribution in [0.2, 0.25) is 0 Å². The lowest BCUT2D eigenvalue weighted by atomic mass is 9.53. The molecule has 3 amide bonds. The van der Waals surface area contributed by atoms with Gasteiger partial charge in [-0.2, -0.15) is 0 Å². The predicted molar refractivity (Wildman–Crippen MR) is 94.4 cm³/mol. The van der Waals surface area contributed by atoms with E-state index in [4.69, 9.17) is 5.11 Å². The molecule has 5 fully saturated rings. The number of nitrogens with zero attached hydrogens (tertiary/aromatic N) is 1. The van der Waals surface area contributed by atoms with E-state index in [1.165, 1.54) is 19.3 Å². The highest BCUT2D eigenvalue weighted by Gasteiger charge is 2.51.